The number of aryl methyl sites for hydroxylation is 1. The Labute approximate surface area is 137 Å². The molecule has 1 rings (SSSR count). The average Bonchev–Trinajstić information content (AvgIpc) is 2.42. The van der Waals surface area contributed by atoms with E-state index in [9.17, 15) is 4.39 Å². The normalized spacial score (nSPS) is 11.3. The van der Waals surface area contributed by atoms with Crippen LogP contribution in [-0.2, 0) is 6.54 Å². The molecule has 0 amide bonds. The van der Waals surface area contributed by atoms with Crippen molar-refractivity contribution < 1.29 is 4.39 Å². The van der Waals surface area contributed by atoms with Crippen molar-refractivity contribution in [3.05, 3.63) is 47.3 Å². The lowest BCUT2D eigenvalue weighted by atomic mass is 10.1. The number of guanidine groups is 1. The smallest absolute Gasteiger partial charge is 0.191 e. The van der Waals surface area contributed by atoms with Crippen LogP contribution in [0.4, 0.5) is 4.39 Å². The van der Waals surface area contributed by atoms with Crippen molar-refractivity contribution in [2.24, 2.45) is 4.99 Å². The molecule has 0 aliphatic carbocycles. The van der Waals surface area contributed by atoms with Gasteiger partial charge in [-0.2, -0.15) is 0 Å². The minimum absolute atomic E-state index is 0. The number of nitrogens with zero attached hydrogens (tertiary/aromatic N) is 1. The van der Waals surface area contributed by atoms with E-state index < -0.39 is 0 Å². The summed E-state index contributed by atoms with van der Waals surface area (Å²) in [6.07, 6.45) is 5.09. The molecule has 0 unspecified atom stereocenters. The van der Waals surface area contributed by atoms with E-state index in [0.29, 0.717) is 12.1 Å². The molecule has 0 fully saturated rings. The molecule has 2 N–H and O–H groups in total. The standard InChI is InChI=1S/C15H22FN3.HI/c1-4-5-6-9-18-15(17-3)19-11-13-7-8-14(16)12(2)10-13;/h4-5,7-8,10H,6,9,11H2,1-3H3,(H2,17,18,19);1H. The third-order valence-electron chi connectivity index (χ3n) is 2.75. The number of aliphatic imine (C=N–C) groups is 1. The predicted octanol–water partition coefficient (Wildman–Crippen LogP) is 3.38. The van der Waals surface area contributed by atoms with E-state index in [1.807, 2.05) is 19.1 Å². The Kier molecular flexibility index (Phi) is 10.1. The zero-order chi connectivity index (χ0) is 14.1. The van der Waals surface area contributed by atoms with Gasteiger partial charge in [-0.25, -0.2) is 4.39 Å². The summed E-state index contributed by atoms with van der Waals surface area (Å²) in [4.78, 5) is 4.14. The van der Waals surface area contributed by atoms with Crippen LogP contribution in [0.3, 0.4) is 0 Å². The van der Waals surface area contributed by atoms with Crippen LogP contribution in [0.2, 0.25) is 0 Å². The molecule has 0 saturated carbocycles. The van der Waals surface area contributed by atoms with Crippen molar-refractivity contribution in [1.82, 2.24) is 10.6 Å². The first-order valence-electron chi connectivity index (χ1n) is 6.48. The maximum atomic E-state index is 13.1. The molecule has 0 heterocycles. The molecule has 0 saturated heterocycles. The Morgan fingerprint density at radius 3 is 2.70 bits per heavy atom. The van der Waals surface area contributed by atoms with Crippen LogP contribution in [0.1, 0.15) is 24.5 Å². The molecule has 1 aromatic rings. The zero-order valence-electron chi connectivity index (χ0n) is 12.2. The molecular formula is C15H23FIN3. The lowest BCUT2D eigenvalue weighted by Gasteiger charge is -2.11. The Hall–Kier alpha value is -1.11. The zero-order valence-corrected chi connectivity index (χ0v) is 14.6. The Morgan fingerprint density at radius 1 is 1.35 bits per heavy atom. The molecule has 112 valence electrons. The van der Waals surface area contributed by atoms with Crippen LogP contribution in [0, 0.1) is 12.7 Å². The van der Waals surface area contributed by atoms with Gasteiger partial charge in [0.15, 0.2) is 5.96 Å². The fourth-order valence-corrected chi connectivity index (χ4v) is 1.66. The van der Waals surface area contributed by atoms with Gasteiger partial charge in [0.25, 0.3) is 0 Å². The minimum Gasteiger partial charge on any atom is -0.356 e. The van der Waals surface area contributed by atoms with E-state index in [0.717, 1.165) is 24.5 Å². The van der Waals surface area contributed by atoms with Gasteiger partial charge in [-0.15, -0.1) is 24.0 Å². The highest BCUT2D eigenvalue weighted by molar-refractivity contribution is 14.0. The fourth-order valence-electron chi connectivity index (χ4n) is 1.66. The summed E-state index contributed by atoms with van der Waals surface area (Å²) in [6.45, 7) is 5.24. The monoisotopic (exact) mass is 391 g/mol. The highest BCUT2D eigenvalue weighted by Gasteiger charge is 2.00. The van der Waals surface area contributed by atoms with Gasteiger partial charge in [0.2, 0.25) is 0 Å². The molecule has 1 aromatic carbocycles. The van der Waals surface area contributed by atoms with Crippen molar-refractivity contribution in [2.75, 3.05) is 13.6 Å². The van der Waals surface area contributed by atoms with Gasteiger partial charge in [-0.1, -0.05) is 24.3 Å². The van der Waals surface area contributed by atoms with Crippen LogP contribution in [0.15, 0.2) is 35.3 Å². The van der Waals surface area contributed by atoms with Crippen LogP contribution in [-0.4, -0.2) is 19.6 Å². The largest absolute Gasteiger partial charge is 0.356 e. The van der Waals surface area contributed by atoms with E-state index in [2.05, 4.69) is 21.7 Å². The van der Waals surface area contributed by atoms with Crippen molar-refractivity contribution in [3.8, 4) is 0 Å². The molecular weight excluding hydrogens is 368 g/mol. The topological polar surface area (TPSA) is 36.4 Å². The number of hydrogen-bond acceptors (Lipinski definition) is 1. The third-order valence-corrected chi connectivity index (χ3v) is 2.75. The van der Waals surface area contributed by atoms with E-state index in [1.165, 1.54) is 6.07 Å². The molecule has 0 atom stereocenters. The summed E-state index contributed by atoms with van der Waals surface area (Å²) in [5, 5.41) is 6.42. The summed E-state index contributed by atoms with van der Waals surface area (Å²) >= 11 is 0. The molecule has 0 aromatic heterocycles. The lowest BCUT2D eigenvalue weighted by molar-refractivity contribution is 0.617. The molecule has 0 spiro atoms. The number of halogens is 2. The van der Waals surface area contributed by atoms with E-state index in [-0.39, 0.29) is 29.8 Å². The van der Waals surface area contributed by atoms with Gasteiger partial charge in [0.05, 0.1) is 0 Å². The summed E-state index contributed by atoms with van der Waals surface area (Å²) in [5.74, 6) is 0.587. The SMILES string of the molecule is CC=CCCNC(=NC)NCc1ccc(F)c(C)c1.I. The molecule has 3 nitrogen and oxygen atoms in total. The second-order valence-electron chi connectivity index (χ2n) is 4.29. The van der Waals surface area contributed by atoms with Gasteiger partial charge in [-0.3, -0.25) is 4.99 Å². The fraction of sp³-hybridized carbons (Fsp3) is 0.400. The third kappa shape index (κ3) is 6.88. The van der Waals surface area contributed by atoms with E-state index >= 15 is 0 Å². The molecule has 0 aliphatic rings. The maximum absolute atomic E-state index is 13.1. The molecule has 0 aliphatic heterocycles. The quantitative estimate of drug-likeness (QED) is 0.266. The number of allylic oxidation sites excluding steroid dienone is 1. The molecule has 0 bridgehead atoms. The Balaban J connectivity index is 0.00000361. The average molecular weight is 391 g/mol. The Morgan fingerprint density at radius 2 is 2.10 bits per heavy atom. The Bertz CT molecular complexity index is 458. The molecule has 20 heavy (non-hydrogen) atoms. The van der Waals surface area contributed by atoms with Crippen molar-refractivity contribution in [1.29, 1.82) is 0 Å². The second-order valence-corrected chi connectivity index (χ2v) is 4.29. The molecule has 0 radical (unpaired) electrons. The maximum Gasteiger partial charge on any atom is 0.191 e. The van der Waals surface area contributed by atoms with Crippen molar-refractivity contribution >= 4 is 29.9 Å². The van der Waals surface area contributed by atoms with E-state index in [4.69, 9.17) is 0 Å². The summed E-state index contributed by atoms with van der Waals surface area (Å²) in [6, 6.07) is 5.12. The van der Waals surface area contributed by atoms with E-state index in [1.54, 1.807) is 20.0 Å². The highest BCUT2D eigenvalue weighted by atomic mass is 127. The number of nitrogens with one attached hydrogen (secondary N) is 2. The minimum atomic E-state index is -0.169. The molecule has 5 heteroatoms. The first kappa shape index (κ1) is 18.9. The van der Waals surface area contributed by atoms with Crippen molar-refractivity contribution in [3.63, 3.8) is 0 Å². The summed E-state index contributed by atoms with van der Waals surface area (Å²) in [7, 11) is 1.74. The first-order valence-corrected chi connectivity index (χ1v) is 6.48. The lowest BCUT2D eigenvalue weighted by Crippen LogP contribution is -2.37. The predicted molar refractivity (Wildman–Crippen MR) is 94.2 cm³/mol. The van der Waals surface area contributed by atoms with Gasteiger partial charge in [0.1, 0.15) is 5.82 Å². The van der Waals surface area contributed by atoms with Crippen LogP contribution in [0.25, 0.3) is 0 Å². The summed E-state index contributed by atoms with van der Waals surface area (Å²) < 4.78 is 13.1. The van der Waals surface area contributed by atoms with Gasteiger partial charge >= 0.3 is 0 Å². The van der Waals surface area contributed by atoms with Crippen LogP contribution in [0.5, 0.6) is 0 Å². The number of rotatable bonds is 5. The van der Waals surface area contributed by atoms with Gasteiger partial charge < -0.3 is 10.6 Å². The van der Waals surface area contributed by atoms with Crippen LogP contribution >= 0.6 is 24.0 Å². The number of hydrogen-bond donors (Lipinski definition) is 2. The second kappa shape index (κ2) is 10.7. The highest BCUT2D eigenvalue weighted by Crippen LogP contribution is 2.08. The number of benzene rings is 1. The van der Waals surface area contributed by atoms with Gasteiger partial charge in [0, 0.05) is 20.1 Å². The van der Waals surface area contributed by atoms with Crippen molar-refractivity contribution in [2.45, 2.75) is 26.8 Å². The van der Waals surface area contributed by atoms with Crippen LogP contribution < -0.4 is 10.6 Å². The summed E-state index contributed by atoms with van der Waals surface area (Å²) in [5.41, 5.74) is 1.70. The van der Waals surface area contributed by atoms with Gasteiger partial charge in [-0.05, 0) is 37.5 Å². The first-order chi connectivity index (χ1) is 9.17.